The van der Waals surface area contributed by atoms with Gasteiger partial charge in [-0.25, -0.2) is 0 Å². The largest absolute Gasteiger partial charge is 0.488 e. The summed E-state index contributed by atoms with van der Waals surface area (Å²) in [6.07, 6.45) is 0. The third kappa shape index (κ3) is 3.19. The molecule has 0 amide bonds. The Balaban J connectivity index is 3.08. The van der Waals surface area contributed by atoms with E-state index in [4.69, 9.17) is 5.73 Å². The van der Waals surface area contributed by atoms with Crippen molar-refractivity contribution in [2.24, 2.45) is 0 Å². The van der Waals surface area contributed by atoms with Gasteiger partial charge in [0.1, 0.15) is 0 Å². The Kier molecular flexibility index (Phi) is 2.77. The monoisotopic (exact) mass is 269 g/mol. The molecule has 4 nitrogen and oxygen atoms in total. The van der Waals surface area contributed by atoms with E-state index in [1.54, 1.807) is 0 Å². The number of hydrogen-bond donors (Lipinski definition) is 1. The normalized spacial score (nSPS) is 11.2. The van der Waals surface area contributed by atoms with Crippen molar-refractivity contribution in [1.29, 1.82) is 0 Å². The van der Waals surface area contributed by atoms with E-state index in [1.165, 1.54) is 18.2 Å². The lowest BCUT2D eigenvalue weighted by Gasteiger charge is -2.03. The minimum Gasteiger partial charge on any atom is -0.399 e. The second-order valence-electron chi connectivity index (χ2n) is 2.17. The van der Waals surface area contributed by atoms with Crippen LogP contribution in [0.1, 0.15) is 0 Å². The molecule has 1 aromatic carbocycles. The van der Waals surface area contributed by atoms with E-state index in [2.05, 4.69) is 20.1 Å². The number of halogens is 2. The fourth-order valence-corrected chi connectivity index (χ4v) is 1.48. The van der Waals surface area contributed by atoms with Crippen LogP contribution >= 0.6 is 15.9 Å². The van der Waals surface area contributed by atoms with Crippen LogP contribution in [0.25, 0.3) is 0 Å². The van der Waals surface area contributed by atoms with E-state index in [-0.39, 0.29) is 11.4 Å². The van der Waals surface area contributed by atoms with Gasteiger partial charge in [0.2, 0.25) is 0 Å². The van der Waals surface area contributed by atoms with Crippen LogP contribution in [0.3, 0.4) is 0 Å². The van der Waals surface area contributed by atoms with E-state index in [1.807, 2.05) is 0 Å². The molecule has 0 heterocycles. The Hall–Kier alpha value is -0.820. The number of nitrogen functional groups attached to an aromatic ring is 1. The van der Waals surface area contributed by atoms with Gasteiger partial charge >= 0.3 is 10.5 Å². The highest BCUT2D eigenvalue weighted by Gasteiger charge is 2.12. The highest BCUT2D eigenvalue weighted by Crippen LogP contribution is 2.28. The van der Waals surface area contributed by atoms with Crippen LogP contribution in [0.4, 0.5) is 9.57 Å². The van der Waals surface area contributed by atoms with Gasteiger partial charge in [0, 0.05) is 11.8 Å². The van der Waals surface area contributed by atoms with Gasteiger partial charge in [-0.2, -0.15) is 8.42 Å². The van der Waals surface area contributed by atoms with Gasteiger partial charge in [0.25, 0.3) is 0 Å². The van der Waals surface area contributed by atoms with Crippen molar-refractivity contribution in [3.8, 4) is 5.75 Å². The first-order valence-electron chi connectivity index (χ1n) is 3.07. The van der Waals surface area contributed by atoms with Gasteiger partial charge in [-0.1, -0.05) is 3.89 Å². The summed E-state index contributed by atoms with van der Waals surface area (Å²) < 4.78 is 36.6. The summed E-state index contributed by atoms with van der Waals surface area (Å²) in [7, 11) is -5.00. The molecule has 0 spiro atoms. The minimum atomic E-state index is -5.00. The highest BCUT2D eigenvalue weighted by atomic mass is 79.9. The van der Waals surface area contributed by atoms with Crippen LogP contribution in [0.2, 0.25) is 0 Å². The quantitative estimate of drug-likeness (QED) is 0.655. The third-order valence-corrected chi connectivity index (χ3v) is 2.18. The van der Waals surface area contributed by atoms with Crippen LogP contribution in [0.5, 0.6) is 5.75 Å². The molecule has 7 heteroatoms. The van der Waals surface area contributed by atoms with Gasteiger partial charge < -0.3 is 9.92 Å². The Morgan fingerprint density at radius 2 is 2.08 bits per heavy atom. The zero-order valence-corrected chi connectivity index (χ0v) is 8.60. The van der Waals surface area contributed by atoms with Crippen molar-refractivity contribution in [2.45, 2.75) is 0 Å². The molecule has 0 aromatic heterocycles. The Labute approximate surface area is 83.0 Å². The van der Waals surface area contributed by atoms with Crippen molar-refractivity contribution in [3.05, 3.63) is 22.7 Å². The number of anilines is 1. The van der Waals surface area contributed by atoms with E-state index in [0.717, 1.165) is 0 Å². The van der Waals surface area contributed by atoms with Gasteiger partial charge in [-0.3, -0.25) is 0 Å². The van der Waals surface area contributed by atoms with Crippen LogP contribution in [0, 0.1) is 0 Å². The molecular formula is C6H5BrFNO3S. The lowest BCUT2D eigenvalue weighted by atomic mass is 10.3. The van der Waals surface area contributed by atoms with Crippen molar-refractivity contribution in [1.82, 2.24) is 0 Å². The standard InChI is InChI=1S/C6H5BrFNO3S/c7-5-2-1-4(9)3-6(5)12-13(8,10)11/h1-3H,9H2. The summed E-state index contributed by atoms with van der Waals surface area (Å²) >= 11 is 2.97. The molecule has 0 radical (unpaired) electrons. The summed E-state index contributed by atoms with van der Waals surface area (Å²) in [6.45, 7) is 0. The lowest BCUT2D eigenvalue weighted by molar-refractivity contribution is 0.439. The smallest absolute Gasteiger partial charge is 0.399 e. The predicted molar refractivity (Wildman–Crippen MR) is 49.2 cm³/mol. The molecule has 72 valence electrons. The molecular weight excluding hydrogens is 265 g/mol. The average molecular weight is 270 g/mol. The van der Waals surface area contributed by atoms with Crippen LogP contribution in [0.15, 0.2) is 22.7 Å². The number of nitrogens with two attached hydrogens (primary N) is 1. The molecule has 0 aliphatic carbocycles. The van der Waals surface area contributed by atoms with Crippen LogP contribution in [-0.4, -0.2) is 8.42 Å². The zero-order valence-electron chi connectivity index (χ0n) is 6.20. The number of hydrogen-bond acceptors (Lipinski definition) is 4. The molecule has 0 saturated heterocycles. The van der Waals surface area contributed by atoms with Gasteiger partial charge in [0.05, 0.1) is 4.47 Å². The first kappa shape index (κ1) is 10.3. The number of benzene rings is 1. The molecule has 2 N–H and O–H groups in total. The fourth-order valence-electron chi connectivity index (χ4n) is 0.691. The molecule has 0 aliphatic heterocycles. The van der Waals surface area contributed by atoms with Crippen molar-refractivity contribution >= 4 is 32.1 Å². The van der Waals surface area contributed by atoms with Crippen LogP contribution in [-0.2, 0) is 10.5 Å². The second-order valence-corrected chi connectivity index (χ2v) is 3.97. The Bertz CT molecular complexity index is 420. The molecule has 1 aromatic rings. The zero-order chi connectivity index (χ0) is 10.1. The topological polar surface area (TPSA) is 69.4 Å². The molecule has 0 unspecified atom stereocenters. The van der Waals surface area contributed by atoms with Gasteiger partial charge in [-0.05, 0) is 28.1 Å². The minimum absolute atomic E-state index is 0.178. The van der Waals surface area contributed by atoms with E-state index >= 15 is 0 Å². The Morgan fingerprint density at radius 1 is 1.46 bits per heavy atom. The molecule has 13 heavy (non-hydrogen) atoms. The SMILES string of the molecule is Nc1ccc(Br)c(OS(=O)(=O)F)c1. The van der Waals surface area contributed by atoms with E-state index < -0.39 is 10.5 Å². The second kappa shape index (κ2) is 3.51. The molecule has 0 aliphatic rings. The van der Waals surface area contributed by atoms with Gasteiger partial charge in [-0.15, -0.1) is 0 Å². The van der Waals surface area contributed by atoms with Crippen LogP contribution < -0.4 is 9.92 Å². The highest BCUT2D eigenvalue weighted by molar-refractivity contribution is 9.10. The molecule has 0 bridgehead atoms. The van der Waals surface area contributed by atoms with E-state index in [0.29, 0.717) is 4.47 Å². The first-order valence-corrected chi connectivity index (χ1v) is 5.18. The average Bonchev–Trinajstić information content (AvgIpc) is 1.94. The van der Waals surface area contributed by atoms with Crippen molar-refractivity contribution < 1.29 is 16.5 Å². The summed E-state index contributed by atoms with van der Waals surface area (Å²) in [4.78, 5) is 0. The maximum Gasteiger partial charge on any atom is 0.488 e. The Morgan fingerprint density at radius 3 is 2.62 bits per heavy atom. The molecule has 0 fully saturated rings. The molecule has 0 saturated carbocycles. The van der Waals surface area contributed by atoms with Crippen molar-refractivity contribution in [2.75, 3.05) is 5.73 Å². The van der Waals surface area contributed by atoms with Crippen molar-refractivity contribution in [3.63, 3.8) is 0 Å². The molecule has 1 rings (SSSR count). The summed E-state index contributed by atoms with van der Waals surface area (Å²) in [5, 5.41) is 0. The summed E-state index contributed by atoms with van der Waals surface area (Å²) in [5.41, 5.74) is 5.61. The summed E-state index contributed by atoms with van der Waals surface area (Å²) in [6, 6.07) is 4.17. The van der Waals surface area contributed by atoms with E-state index in [9.17, 15) is 12.3 Å². The molecule has 0 atom stereocenters. The predicted octanol–water partition coefficient (Wildman–Crippen LogP) is 1.62. The third-order valence-electron chi connectivity index (χ3n) is 1.14. The first-order chi connectivity index (χ1) is 5.88. The maximum absolute atomic E-state index is 12.1. The van der Waals surface area contributed by atoms with Gasteiger partial charge in [0.15, 0.2) is 5.75 Å². The fraction of sp³-hybridized carbons (Fsp3) is 0. The summed E-state index contributed by atoms with van der Waals surface area (Å²) in [5.74, 6) is -0.178. The number of rotatable bonds is 2. The lowest BCUT2D eigenvalue weighted by Crippen LogP contribution is -2.02. The maximum atomic E-state index is 12.1.